The highest BCUT2D eigenvalue weighted by molar-refractivity contribution is 5.92. The van der Waals surface area contributed by atoms with Crippen LogP contribution in [-0.4, -0.2) is 28.2 Å². The molecular formula is C51H62N2. The Morgan fingerprint density at radius 3 is 1.74 bits per heavy atom. The Kier molecular flexibility index (Phi) is 7.96. The SMILES string of the molecule is CN(C)c1ccc(C(c2ccc(N(C)C)cc2)(C2C=CC=C2)C2(C)C3=C4Cc5ccccc5C4=C4C=CCCC4C3(C)C(C)(C)C(C)(C)C2(C)C)cc1. The van der Waals surface area contributed by atoms with Gasteiger partial charge in [-0.05, 0) is 105 Å². The Bertz CT molecular complexity index is 2050. The molecule has 0 bridgehead atoms. The predicted molar refractivity (Wildman–Crippen MR) is 228 cm³/mol. The van der Waals surface area contributed by atoms with Crippen LogP contribution in [0.5, 0.6) is 0 Å². The molecule has 0 N–H and O–H groups in total. The quantitative estimate of drug-likeness (QED) is 0.252. The Labute approximate surface area is 321 Å². The smallest absolute Gasteiger partial charge is 0.0396 e. The van der Waals surface area contributed by atoms with E-state index in [0.29, 0.717) is 5.92 Å². The molecule has 53 heavy (non-hydrogen) atoms. The van der Waals surface area contributed by atoms with Crippen molar-refractivity contribution in [3.8, 4) is 0 Å². The monoisotopic (exact) mass is 702 g/mol. The van der Waals surface area contributed by atoms with Crippen LogP contribution in [0.25, 0.3) is 5.57 Å². The first-order chi connectivity index (χ1) is 25.0. The third kappa shape index (κ3) is 4.27. The largest absolute Gasteiger partial charge is 0.378 e. The van der Waals surface area contributed by atoms with Crippen LogP contribution in [0.15, 0.2) is 126 Å². The number of allylic oxidation sites excluding steroid dienone is 10. The summed E-state index contributed by atoms with van der Waals surface area (Å²) in [6.07, 6.45) is 18.0. The number of hydrogen-bond donors (Lipinski definition) is 0. The fourth-order valence-electron chi connectivity index (χ4n) is 12.8. The number of fused-ring (bicyclic) bond motifs is 6. The Morgan fingerprint density at radius 2 is 1.19 bits per heavy atom. The van der Waals surface area contributed by atoms with E-state index < -0.39 is 5.41 Å². The van der Waals surface area contributed by atoms with E-state index in [4.69, 9.17) is 0 Å². The number of nitrogens with zero attached hydrogens (tertiary/aromatic N) is 2. The molecule has 8 rings (SSSR count). The number of benzene rings is 3. The highest BCUT2D eigenvalue weighted by atomic mass is 15.1. The van der Waals surface area contributed by atoms with Gasteiger partial charge < -0.3 is 9.80 Å². The van der Waals surface area contributed by atoms with E-state index in [1.54, 1.807) is 22.3 Å². The molecule has 276 valence electrons. The van der Waals surface area contributed by atoms with E-state index in [0.717, 1.165) is 12.8 Å². The second kappa shape index (κ2) is 11.7. The summed E-state index contributed by atoms with van der Waals surface area (Å²) in [6, 6.07) is 28.8. The van der Waals surface area contributed by atoms with Crippen molar-refractivity contribution in [2.75, 3.05) is 38.0 Å². The molecule has 1 fully saturated rings. The van der Waals surface area contributed by atoms with Crippen molar-refractivity contribution in [3.63, 3.8) is 0 Å². The molecule has 0 aromatic heterocycles. The Morgan fingerprint density at radius 1 is 0.642 bits per heavy atom. The lowest BCUT2D eigenvalue weighted by Crippen LogP contribution is -2.73. The van der Waals surface area contributed by atoms with Gasteiger partial charge in [0.25, 0.3) is 0 Å². The molecule has 2 nitrogen and oxygen atoms in total. The molecule has 3 aromatic rings. The van der Waals surface area contributed by atoms with Gasteiger partial charge in [0.1, 0.15) is 0 Å². The van der Waals surface area contributed by atoms with Crippen LogP contribution in [0, 0.1) is 38.9 Å². The van der Waals surface area contributed by atoms with E-state index >= 15 is 0 Å². The molecular weight excluding hydrogens is 641 g/mol. The Hall–Kier alpha value is -4.04. The highest BCUT2D eigenvalue weighted by Gasteiger charge is 2.77. The highest BCUT2D eigenvalue weighted by Crippen LogP contribution is 2.83. The van der Waals surface area contributed by atoms with Crippen molar-refractivity contribution in [1.82, 2.24) is 0 Å². The van der Waals surface area contributed by atoms with Gasteiger partial charge in [0, 0.05) is 61.7 Å². The maximum atomic E-state index is 2.74. The molecule has 3 atom stereocenters. The van der Waals surface area contributed by atoms with Crippen LogP contribution in [-0.2, 0) is 11.8 Å². The summed E-state index contributed by atoms with van der Waals surface area (Å²) in [6.45, 7) is 21.3. The third-order valence-corrected chi connectivity index (χ3v) is 16.9. The van der Waals surface area contributed by atoms with E-state index in [1.165, 1.54) is 40.0 Å². The van der Waals surface area contributed by atoms with Crippen molar-refractivity contribution in [1.29, 1.82) is 0 Å². The van der Waals surface area contributed by atoms with Crippen LogP contribution in [0.2, 0.25) is 0 Å². The molecule has 0 amide bonds. The summed E-state index contributed by atoms with van der Waals surface area (Å²) in [5.74, 6) is 0.581. The first-order valence-electron chi connectivity index (χ1n) is 20.1. The molecule has 5 aliphatic rings. The van der Waals surface area contributed by atoms with E-state index in [2.05, 4.69) is 203 Å². The second-order valence-corrected chi connectivity index (χ2v) is 19.2. The average Bonchev–Trinajstić information content (AvgIpc) is 3.81. The summed E-state index contributed by atoms with van der Waals surface area (Å²) in [5.41, 5.74) is 13.5. The van der Waals surface area contributed by atoms with Gasteiger partial charge in [0.05, 0.1) is 0 Å². The fraction of sp³-hybridized carbons (Fsp3) is 0.451. The van der Waals surface area contributed by atoms with E-state index in [1.807, 2.05) is 0 Å². The molecule has 0 spiro atoms. The summed E-state index contributed by atoms with van der Waals surface area (Å²) in [4.78, 5) is 4.47. The lowest BCUT2D eigenvalue weighted by atomic mass is 9.25. The first kappa shape index (κ1) is 36.0. The zero-order valence-corrected chi connectivity index (χ0v) is 34.6. The van der Waals surface area contributed by atoms with Gasteiger partial charge in [-0.1, -0.05) is 146 Å². The molecule has 0 aliphatic heterocycles. The third-order valence-electron chi connectivity index (χ3n) is 16.9. The lowest BCUT2D eigenvalue weighted by Gasteiger charge is -2.78. The maximum Gasteiger partial charge on any atom is 0.0396 e. The predicted octanol–water partition coefficient (Wildman–Crippen LogP) is 12.2. The van der Waals surface area contributed by atoms with Crippen LogP contribution in [0.4, 0.5) is 11.4 Å². The minimum atomic E-state index is -0.436. The zero-order valence-electron chi connectivity index (χ0n) is 34.6. The summed E-state index contributed by atoms with van der Waals surface area (Å²) >= 11 is 0. The zero-order chi connectivity index (χ0) is 37.9. The van der Waals surface area contributed by atoms with Gasteiger partial charge in [-0.25, -0.2) is 0 Å². The minimum Gasteiger partial charge on any atom is -0.378 e. The van der Waals surface area contributed by atoms with Crippen molar-refractivity contribution in [2.45, 2.75) is 80.1 Å². The Balaban J connectivity index is 1.60. The van der Waals surface area contributed by atoms with Gasteiger partial charge in [-0.3, -0.25) is 0 Å². The van der Waals surface area contributed by atoms with Gasteiger partial charge >= 0.3 is 0 Å². The topological polar surface area (TPSA) is 6.48 Å². The molecule has 3 aromatic carbocycles. The molecule has 0 heterocycles. The van der Waals surface area contributed by atoms with Crippen molar-refractivity contribution >= 4 is 16.9 Å². The van der Waals surface area contributed by atoms with Crippen LogP contribution < -0.4 is 9.80 Å². The van der Waals surface area contributed by atoms with E-state index in [9.17, 15) is 0 Å². The summed E-state index contributed by atoms with van der Waals surface area (Å²) in [7, 11) is 8.62. The average molecular weight is 703 g/mol. The number of rotatable bonds is 6. The lowest BCUT2D eigenvalue weighted by molar-refractivity contribution is -0.212. The van der Waals surface area contributed by atoms with Gasteiger partial charge in [0.2, 0.25) is 0 Å². The van der Waals surface area contributed by atoms with Crippen molar-refractivity contribution in [3.05, 3.63) is 148 Å². The molecule has 0 saturated heterocycles. The van der Waals surface area contributed by atoms with Crippen molar-refractivity contribution in [2.24, 2.45) is 38.9 Å². The molecule has 5 aliphatic carbocycles. The van der Waals surface area contributed by atoms with Crippen LogP contribution in [0.1, 0.15) is 90.5 Å². The number of anilines is 2. The van der Waals surface area contributed by atoms with Gasteiger partial charge in [0.15, 0.2) is 0 Å². The summed E-state index contributed by atoms with van der Waals surface area (Å²) in [5, 5.41) is 0. The van der Waals surface area contributed by atoms with Gasteiger partial charge in [-0.15, -0.1) is 0 Å². The van der Waals surface area contributed by atoms with Crippen LogP contribution >= 0.6 is 0 Å². The van der Waals surface area contributed by atoms with Crippen LogP contribution in [0.3, 0.4) is 0 Å². The molecule has 0 radical (unpaired) electrons. The first-order valence-corrected chi connectivity index (χ1v) is 20.1. The van der Waals surface area contributed by atoms with Crippen molar-refractivity contribution < 1.29 is 0 Å². The normalized spacial score (nSPS) is 27.7. The van der Waals surface area contributed by atoms with E-state index in [-0.39, 0.29) is 33.0 Å². The fourth-order valence-corrected chi connectivity index (χ4v) is 12.8. The molecule has 1 saturated carbocycles. The molecule has 3 unspecified atom stereocenters. The van der Waals surface area contributed by atoms with Gasteiger partial charge in [-0.2, -0.15) is 0 Å². The molecule has 2 heteroatoms. The summed E-state index contributed by atoms with van der Waals surface area (Å²) < 4.78 is 0. The standard InChI is InChI=1S/C51H62N2/c1-46(2)47(3,4)49(7)43-24-18-17-23-41(43)44-40-22-16-13-19-34(40)33-42(44)45(49)50(8,48(46,5)6)51(35-20-14-15-21-35,36-25-29-38(30-26-36)52(9)10)37-27-31-39(32-28-37)53(11)12/h13-17,19-23,25-32,35,43H,18,24,33H2,1-12H3. The minimum absolute atomic E-state index is 0.0244. The second-order valence-electron chi connectivity index (χ2n) is 19.2. The number of hydrogen-bond acceptors (Lipinski definition) is 2. The maximum absolute atomic E-state index is 2.74.